The van der Waals surface area contributed by atoms with Crippen LogP contribution < -0.4 is 4.74 Å². The van der Waals surface area contributed by atoms with Crippen molar-refractivity contribution in [3.63, 3.8) is 0 Å². The molecule has 0 fully saturated rings. The number of para-hydroxylation sites is 1. The standard InChI is InChI=1S/C16H19ClN2O2/c1-11(13-7-5-6-8-15(13)21-4)19(3)16(20)14-9-12(17)10-18(14)2/h5-11H,1-4H3. The Labute approximate surface area is 129 Å². The smallest absolute Gasteiger partial charge is 0.270 e. The van der Waals surface area contributed by atoms with E-state index in [0.29, 0.717) is 10.7 Å². The Kier molecular flexibility index (Phi) is 4.58. The predicted molar refractivity (Wildman–Crippen MR) is 83.9 cm³/mol. The van der Waals surface area contributed by atoms with Gasteiger partial charge in [0.25, 0.3) is 5.91 Å². The highest BCUT2D eigenvalue weighted by Gasteiger charge is 2.23. The summed E-state index contributed by atoms with van der Waals surface area (Å²) in [4.78, 5) is 14.3. The Morgan fingerprint density at radius 3 is 2.62 bits per heavy atom. The van der Waals surface area contributed by atoms with Gasteiger partial charge in [-0.3, -0.25) is 4.79 Å². The van der Waals surface area contributed by atoms with Crippen LogP contribution in [0.3, 0.4) is 0 Å². The average molecular weight is 307 g/mol. The van der Waals surface area contributed by atoms with E-state index in [1.807, 2.05) is 31.2 Å². The first-order valence-electron chi connectivity index (χ1n) is 6.67. The summed E-state index contributed by atoms with van der Waals surface area (Å²) in [6.45, 7) is 1.97. The molecule has 2 rings (SSSR count). The fraction of sp³-hybridized carbons (Fsp3) is 0.312. The zero-order valence-corrected chi connectivity index (χ0v) is 13.4. The highest BCUT2D eigenvalue weighted by molar-refractivity contribution is 6.31. The molecule has 21 heavy (non-hydrogen) atoms. The van der Waals surface area contributed by atoms with E-state index in [4.69, 9.17) is 16.3 Å². The summed E-state index contributed by atoms with van der Waals surface area (Å²) in [6, 6.07) is 9.27. The van der Waals surface area contributed by atoms with Gasteiger partial charge in [-0.2, -0.15) is 0 Å². The quantitative estimate of drug-likeness (QED) is 0.866. The molecule has 1 heterocycles. The number of ether oxygens (including phenoxy) is 1. The molecule has 1 amide bonds. The van der Waals surface area contributed by atoms with Gasteiger partial charge < -0.3 is 14.2 Å². The van der Waals surface area contributed by atoms with Gasteiger partial charge in [-0.15, -0.1) is 0 Å². The number of carbonyl (C=O) groups excluding carboxylic acids is 1. The Balaban J connectivity index is 2.28. The number of benzene rings is 1. The van der Waals surface area contributed by atoms with E-state index in [1.54, 1.807) is 42.9 Å². The van der Waals surface area contributed by atoms with Crippen molar-refractivity contribution in [1.29, 1.82) is 0 Å². The molecule has 0 N–H and O–H groups in total. The number of aromatic nitrogens is 1. The van der Waals surface area contributed by atoms with E-state index in [2.05, 4.69) is 0 Å². The normalized spacial score (nSPS) is 12.0. The predicted octanol–water partition coefficient (Wildman–Crippen LogP) is 3.52. The molecular formula is C16H19ClN2O2. The average Bonchev–Trinajstić information content (AvgIpc) is 2.83. The minimum absolute atomic E-state index is 0.0807. The van der Waals surface area contributed by atoms with Crippen molar-refractivity contribution in [2.24, 2.45) is 7.05 Å². The van der Waals surface area contributed by atoms with Crippen molar-refractivity contribution < 1.29 is 9.53 Å². The molecule has 0 saturated carbocycles. The second kappa shape index (κ2) is 6.22. The van der Waals surface area contributed by atoms with Crippen LogP contribution >= 0.6 is 11.6 Å². The number of carbonyl (C=O) groups is 1. The third-order valence-electron chi connectivity index (χ3n) is 3.68. The Morgan fingerprint density at radius 2 is 2.05 bits per heavy atom. The van der Waals surface area contributed by atoms with E-state index in [0.717, 1.165) is 11.3 Å². The minimum atomic E-state index is -0.109. The molecule has 1 atom stereocenters. The van der Waals surface area contributed by atoms with Crippen LogP contribution in [0.2, 0.25) is 5.02 Å². The molecular weight excluding hydrogens is 288 g/mol. The van der Waals surface area contributed by atoms with Crippen molar-refractivity contribution in [2.45, 2.75) is 13.0 Å². The van der Waals surface area contributed by atoms with Crippen LogP contribution in [0.4, 0.5) is 0 Å². The monoisotopic (exact) mass is 306 g/mol. The molecule has 4 nitrogen and oxygen atoms in total. The number of hydrogen-bond acceptors (Lipinski definition) is 2. The van der Waals surface area contributed by atoms with Gasteiger partial charge in [0.15, 0.2) is 0 Å². The third kappa shape index (κ3) is 3.05. The first kappa shape index (κ1) is 15.4. The molecule has 1 aromatic carbocycles. The maximum Gasteiger partial charge on any atom is 0.270 e. The molecule has 0 aliphatic carbocycles. The van der Waals surface area contributed by atoms with Gasteiger partial charge in [0.05, 0.1) is 18.2 Å². The van der Waals surface area contributed by atoms with Crippen LogP contribution in [0, 0.1) is 0 Å². The summed E-state index contributed by atoms with van der Waals surface area (Å²) in [5, 5.41) is 0.555. The zero-order chi connectivity index (χ0) is 15.6. The third-order valence-corrected chi connectivity index (χ3v) is 3.89. The lowest BCUT2D eigenvalue weighted by Gasteiger charge is -2.26. The molecule has 0 aliphatic heterocycles. The van der Waals surface area contributed by atoms with Crippen LogP contribution in [-0.2, 0) is 7.05 Å². The van der Waals surface area contributed by atoms with Crippen LogP contribution in [0.1, 0.15) is 29.0 Å². The maximum atomic E-state index is 12.6. The lowest BCUT2D eigenvalue weighted by atomic mass is 10.1. The molecule has 2 aromatic rings. The molecule has 0 saturated heterocycles. The van der Waals surface area contributed by atoms with E-state index in [1.165, 1.54) is 0 Å². The number of nitrogens with zero attached hydrogens (tertiary/aromatic N) is 2. The Bertz CT molecular complexity index is 651. The summed E-state index contributed by atoms with van der Waals surface area (Å²) < 4.78 is 7.10. The van der Waals surface area contributed by atoms with E-state index >= 15 is 0 Å². The van der Waals surface area contributed by atoms with Crippen molar-refractivity contribution in [3.05, 3.63) is 52.8 Å². The lowest BCUT2D eigenvalue weighted by molar-refractivity contribution is 0.0731. The Morgan fingerprint density at radius 1 is 1.38 bits per heavy atom. The van der Waals surface area contributed by atoms with E-state index in [9.17, 15) is 4.79 Å². The molecule has 0 spiro atoms. The van der Waals surface area contributed by atoms with Crippen molar-refractivity contribution in [3.8, 4) is 5.75 Å². The zero-order valence-electron chi connectivity index (χ0n) is 12.6. The first-order chi connectivity index (χ1) is 9.95. The molecule has 1 aromatic heterocycles. The molecule has 0 bridgehead atoms. The van der Waals surface area contributed by atoms with Gasteiger partial charge in [-0.1, -0.05) is 29.8 Å². The number of methoxy groups -OCH3 is 1. The summed E-state index contributed by atoms with van der Waals surface area (Å²) in [7, 11) is 5.21. The minimum Gasteiger partial charge on any atom is -0.496 e. The lowest BCUT2D eigenvalue weighted by Crippen LogP contribution is -2.31. The first-order valence-corrected chi connectivity index (χ1v) is 7.05. The number of hydrogen-bond donors (Lipinski definition) is 0. The summed E-state index contributed by atoms with van der Waals surface area (Å²) >= 11 is 5.95. The fourth-order valence-corrected chi connectivity index (χ4v) is 2.56. The number of aryl methyl sites for hydroxylation is 1. The highest BCUT2D eigenvalue weighted by Crippen LogP contribution is 2.29. The highest BCUT2D eigenvalue weighted by atomic mass is 35.5. The van der Waals surface area contributed by atoms with E-state index in [-0.39, 0.29) is 11.9 Å². The summed E-state index contributed by atoms with van der Waals surface area (Å²) in [6.07, 6.45) is 1.72. The molecule has 0 aliphatic rings. The van der Waals surface area contributed by atoms with Crippen LogP contribution in [-0.4, -0.2) is 29.5 Å². The fourth-order valence-electron chi connectivity index (χ4n) is 2.31. The largest absolute Gasteiger partial charge is 0.496 e. The SMILES string of the molecule is COc1ccccc1C(C)N(C)C(=O)c1cc(Cl)cn1C. The van der Waals surface area contributed by atoms with Gasteiger partial charge in [0.2, 0.25) is 0 Å². The topological polar surface area (TPSA) is 34.5 Å². The van der Waals surface area contributed by atoms with Gasteiger partial charge >= 0.3 is 0 Å². The second-order valence-corrected chi connectivity index (χ2v) is 5.42. The number of amides is 1. The van der Waals surface area contributed by atoms with Gasteiger partial charge in [-0.05, 0) is 19.1 Å². The van der Waals surface area contributed by atoms with Crippen molar-refractivity contribution in [2.75, 3.05) is 14.2 Å². The summed E-state index contributed by atoms with van der Waals surface area (Å²) in [5.41, 5.74) is 1.53. The molecule has 112 valence electrons. The maximum absolute atomic E-state index is 12.6. The summed E-state index contributed by atoms with van der Waals surface area (Å²) in [5.74, 6) is 0.692. The number of rotatable bonds is 4. The van der Waals surface area contributed by atoms with Crippen molar-refractivity contribution >= 4 is 17.5 Å². The van der Waals surface area contributed by atoms with Crippen molar-refractivity contribution in [1.82, 2.24) is 9.47 Å². The van der Waals surface area contributed by atoms with Crippen LogP contribution in [0.15, 0.2) is 36.5 Å². The second-order valence-electron chi connectivity index (χ2n) is 4.99. The van der Waals surface area contributed by atoms with E-state index < -0.39 is 0 Å². The van der Waals surface area contributed by atoms with Crippen LogP contribution in [0.25, 0.3) is 0 Å². The molecule has 1 unspecified atom stereocenters. The molecule has 0 radical (unpaired) electrons. The van der Waals surface area contributed by atoms with Crippen LogP contribution in [0.5, 0.6) is 5.75 Å². The van der Waals surface area contributed by atoms with Gasteiger partial charge in [-0.25, -0.2) is 0 Å². The molecule has 5 heteroatoms. The number of halogens is 1. The van der Waals surface area contributed by atoms with Gasteiger partial charge in [0, 0.05) is 25.9 Å². The van der Waals surface area contributed by atoms with Gasteiger partial charge in [0.1, 0.15) is 11.4 Å². The Hall–Kier alpha value is -1.94.